The smallest absolute Gasteiger partial charge is 0.191 e. The average molecular weight is 275 g/mol. The van der Waals surface area contributed by atoms with Crippen LogP contribution in [0.4, 0.5) is 0 Å². The van der Waals surface area contributed by atoms with Crippen LogP contribution in [0.3, 0.4) is 0 Å². The van der Waals surface area contributed by atoms with Crippen LogP contribution in [-0.2, 0) is 6.54 Å². The van der Waals surface area contributed by atoms with Crippen molar-refractivity contribution < 1.29 is 5.11 Å². The fourth-order valence-electron chi connectivity index (χ4n) is 2.30. The van der Waals surface area contributed by atoms with Crippen molar-refractivity contribution in [1.82, 2.24) is 10.6 Å². The van der Waals surface area contributed by atoms with E-state index in [2.05, 4.69) is 34.7 Å². The molecule has 1 aromatic rings. The fraction of sp³-hybridized carbons (Fsp3) is 0.562. The van der Waals surface area contributed by atoms with Gasteiger partial charge in [-0.3, -0.25) is 0 Å². The molecule has 0 aliphatic heterocycles. The first-order valence-corrected chi connectivity index (χ1v) is 7.42. The molecule has 0 atom stereocenters. The minimum absolute atomic E-state index is 0.529. The third-order valence-electron chi connectivity index (χ3n) is 3.88. The molecule has 0 spiro atoms. The van der Waals surface area contributed by atoms with E-state index in [-0.39, 0.29) is 0 Å². The Morgan fingerprint density at radius 3 is 2.65 bits per heavy atom. The van der Waals surface area contributed by atoms with Gasteiger partial charge in [0.15, 0.2) is 5.96 Å². The number of benzene rings is 1. The lowest BCUT2D eigenvalue weighted by Gasteiger charge is -2.37. The van der Waals surface area contributed by atoms with Gasteiger partial charge in [0, 0.05) is 13.1 Å². The van der Waals surface area contributed by atoms with Crippen LogP contribution < -0.4 is 10.6 Å². The maximum Gasteiger partial charge on any atom is 0.191 e. The van der Waals surface area contributed by atoms with Crippen molar-refractivity contribution in [1.29, 1.82) is 0 Å². The average Bonchev–Trinajstić information content (AvgIpc) is 2.41. The normalized spacial score (nSPS) is 17.4. The summed E-state index contributed by atoms with van der Waals surface area (Å²) in [4.78, 5) is 4.59. The van der Waals surface area contributed by atoms with Gasteiger partial charge in [-0.05, 0) is 44.2 Å². The Kier molecular flexibility index (Phi) is 5.01. The van der Waals surface area contributed by atoms with Crippen LogP contribution in [0.25, 0.3) is 0 Å². The summed E-state index contributed by atoms with van der Waals surface area (Å²) >= 11 is 0. The van der Waals surface area contributed by atoms with Crippen LogP contribution in [0.5, 0.6) is 0 Å². The molecule has 3 N–H and O–H groups in total. The molecular weight excluding hydrogens is 250 g/mol. The number of aliphatic imine (C=N–C) groups is 1. The first-order chi connectivity index (χ1) is 9.63. The zero-order valence-electron chi connectivity index (χ0n) is 12.4. The highest BCUT2D eigenvalue weighted by Crippen LogP contribution is 2.30. The maximum atomic E-state index is 10.1. The lowest BCUT2D eigenvalue weighted by Crippen LogP contribution is -2.50. The number of aryl methyl sites for hydroxylation is 1. The summed E-state index contributed by atoms with van der Waals surface area (Å²) in [6.07, 6.45) is 2.89. The van der Waals surface area contributed by atoms with E-state index in [1.807, 2.05) is 19.1 Å². The second kappa shape index (κ2) is 6.75. The Morgan fingerprint density at radius 2 is 2.05 bits per heavy atom. The van der Waals surface area contributed by atoms with Crippen LogP contribution in [-0.4, -0.2) is 29.8 Å². The quantitative estimate of drug-likeness (QED) is 0.569. The van der Waals surface area contributed by atoms with E-state index in [1.54, 1.807) is 0 Å². The number of hydrogen-bond donors (Lipinski definition) is 3. The largest absolute Gasteiger partial charge is 0.388 e. The van der Waals surface area contributed by atoms with Crippen LogP contribution in [0.1, 0.15) is 37.3 Å². The summed E-state index contributed by atoms with van der Waals surface area (Å²) in [5.41, 5.74) is 1.95. The molecule has 1 fully saturated rings. The van der Waals surface area contributed by atoms with E-state index >= 15 is 0 Å². The number of hydrogen-bond acceptors (Lipinski definition) is 2. The highest BCUT2D eigenvalue weighted by molar-refractivity contribution is 5.79. The molecule has 1 aliphatic rings. The summed E-state index contributed by atoms with van der Waals surface area (Å²) in [6, 6.07) is 8.28. The lowest BCUT2D eigenvalue weighted by molar-refractivity contribution is -0.0279. The molecule has 0 radical (unpaired) electrons. The molecule has 0 unspecified atom stereocenters. The zero-order valence-corrected chi connectivity index (χ0v) is 12.4. The van der Waals surface area contributed by atoms with Crippen molar-refractivity contribution in [2.75, 3.05) is 13.1 Å². The Balaban J connectivity index is 1.93. The molecule has 0 saturated heterocycles. The standard InChI is InChI=1S/C16H25N3O/c1-3-17-15(19-12-16(20)9-6-10-16)18-11-14-8-5-4-7-13(14)2/h4-5,7-8,20H,3,6,9-12H2,1-2H3,(H2,17,18,19). The van der Waals surface area contributed by atoms with Gasteiger partial charge >= 0.3 is 0 Å². The van der Waals surface area contributed by atoms with Crippen molar-refractivity contribution in [3.8, 4) is 0 Å². The van der Waals surface area contributed by atoms with Crippen molar-refractivity contribution >= 4 is 5.96 Å². The van der Waals surface area contributed by atoms with Gasteiger partial charge in [0.1, 0.15) is 0 Å². The Labute approximate surface area is 121 Å². The maximum absolute atomic E-state index is 10.1. The summed E-state index contributed by atoms with van der Waals surface area (Å²) in [6.45, 7) is 6.19. The topological polar surface area (TPSA) is 56.7 Å². The zero-order chi connectivity index (χ0) is 14.4. The number of guanidine groups is 1. The van der Waals surface area contributed by atoms with Gasteiger partial charge in [-0.1, -0.05) is 24.3 Å². The second-order valence-electron chi connectivity index (χ2n) is 5.55. The van der Waals surface area contributed by atoms with Crippen LogP contribution in [0.15, 0.2) is 29.3 Å². The molecule has 0 bridgehead atoms. The Morgan fingerprint density at radius 1 is 1.30 bits per heavy atom. The first kappa shape index (κ1) is 14.9. The number of aliphatic hydroxyl groups is 1. The van der Waals surface area contributed by atoms with Crippen LogP contribution in [0.2, 0.25) is 0 Å². The van der Waals surface area contributed by atoms with Gasteiger partial charge in [0.2, 0.25) is 0 Å². The Bertz CT molecular complexity index is 467. The number of rotatable bonds is 5. The summed E-state index contributed by atoms with van der Waals surface area (Å²) in [7, 11) is 0. The fourth-order valence-corrected chi connectivity index (χ4v) is 2.30. The van der Waals surface area contributed by atoms with E-state index in [1.165, 1.54) is 11.1 Å². The predicted octanol–water partition coefficient (Wildman–Crippen LogP) is 1.97. The third-order valence-corrected chi connectivity index (χ3v) is 3.88. The molecule has 1 saturated carbocycles. The second-order valence-corrected chi connectivity index (χ2v) is 5.55. The van der Waals surface area contributed by atoms with Gasteiger partial charge in [0.25, 0.3) is 0 Å². The summed E-state index contributed by atoms with van der Waals surface area (Å²) in [5.74, 6) is 0.774. The van der Waals surface area contributed by atoms with Gasteiger partial charge in [-0.2, -0.15) is 0 Å². The van der Waals surface area contributed by atoms with Gasteiger partial charge in [-0.25, -0.2) is 4.99 Å². The monoisotopic (exact) mass is 275 g/mol. The van der Waals surface area contributed by atoms with Gasteiger partial charge in [-0.15, -0.1) is 0 Å². The summed E-state index contributed by atoms with van der Waals surface area (Å²) < 4.78 is 0. The number of nitrogens with one attached hydrogen (secondary N) is 2. The highest BCUT2D eigenvalue weighted by Gasteiger charge is 2.34. The molecule has 0 heterocycles. The number of nitrogens with zero attached hydrogens (tertiary/aromatic N) is 1. The molecule has 4 nitrogen and oxygen atoms in total. The first-order valence-electron chi connectivity index (χ1n) is 7.42. The van der Waals surface area contributed by atoms with Crippen molar-refractivity contribution in [2.24, 2.45) is 4.99 Å². The molecule has 4 heteroatoms. The SMILES string of the molecule is CCNC(=NCc1ccccc1C)NCC1(O)CCC1. The molecule has 1 aromatic carbocycles. The molecule has 20 heavy (non-hydrogen) atoms. The summed E-state index contributed by atoms with van der Waals surface area (Å²) in [5, 5.41) is 16.6. The van der Waals surface area contributed by atoms with E-state index in [0.29, 0.717) is 13.1 Å². The van der Waals surface area contributed by atoms with Gasteiger partial charge in [0.05, 0.1) is 12.1 Å². The lowest BCUT2D eigenvalue weighted by atomic mass is 9.80. The third kappa shape index (κ3) is 3.97. The van der Waals surface area contributed by atoms with Crippen molar-refractivity contribution in [2.45, 2.75) is 45.3 Å². The predicted molar refractivity (Wildman–Crippen MR) is 82.8 cm³/mol. The molecule has 0 amide bonds. The van der Waals surface area contributed by atoms with Crippen LogP contribution in [0, 0.1) is 6.92 Å². The van der Waals surface area contributed by atoms with Crippen molar-refractivity contribution in [3.63, 3.8) is 0 Å². The Hall–Kier alpha value is -1.55. The van der Waals surface area contributed by atoms with Crippen molar-refractivity contribution in [3.05, 3.63) is 35.4 Å². The molecule has 110 valence electrons. The van der Waals surface area contributed by atoms with Gasteiger partial charge < -0.3 is 15.7 Å². The molecule has 0 aromatic heterocycles. The molecular formula is C16H25N3O. The van der Waals surface area contributed by atoms with E-state index in [9.17, 15) is 5.11 Å². The van der Waals surface area contributed by atoms with E-state index in [4.69, 9.17) is 0 Å². The minimum atomic E-state index is -0.529. The molecule has 2 rings (SSSR count). The van der Waals surface area contributed by atoms with Crippen LogP contribution >= 0.6 is 0 Å². The molecule has 1 aliphatic carbocycles. The highest BCUT2D eigenvalue weighted by atomic mass is 16.3. The van der Waals surface area contributed by atoms with E-state index in [0.717, 1.165) is 31.8 Å². The van der Waals surface area contributed by atoms with E-state index < -0.39 is 5.60 Å². The minimum Gasteiger partial charge on any atom is -0.388 e.